The van der Waals surface area contributed by atoms with Gasteiger partial charge in [-0.25, -0.2) is 0 Å². The van der Waals surface area contributed by atoms with Gasteiger partial charge in [-0.15, -0.1) is 10.2 Å². The average molecular weight is 486 g/mol. The average Bonchev–Trinajstić information content (AvgIpc) is 3.47. The van der Waals surface area contributed by atoms with Gasteiger partial charge in [0.15, 0.2) is 17.3 Å². The van der Waals surface area contributed by atoms with E-state index in [1.54, 1.807) is 42.5 Å². The zero-order chi connectivity index (χ0) is 25.0. The van der Waals surface area contributed by atoms with Gasteiger partial charge in [0.05, 0.1) is 5.56 Å². The molecule has 1 aliphatic rings. The maximum atomic E-state index is 13.4. The fourth-order valence-electron chi connectivity index (χ4n) is 4.04. The molecule has 5 rings (SSSR count). The largest absolute Gasteiger partial charge is 0.489 e. The molecule has 3 aromatic carbocycles. The summed E-state index contributed by atoms with van der Waals surface area (Å²) < 4.78 is 17.7. The predicted molar refractivity (Wildman–Crippen MR) is 132 cm³/mol. The van der Waals surface area contributed by atoms with Gasteiger partial charge in [-0.05, 0) is 65.6 Å². The first-order chi connectivity index (χ1) is 17.6. The van der Waals surface area contributed by atoms with Crippen molar-refractivity contribution in [3.05, 3.63) is 94.8 Å². The summed E-state index contributed by atoms with van der Waals surface area (Å²) in [6.07, 6.45) is 3.41. The number of nitrogens with two attached hydrogens (primary N) is 1. The number of para-hydroxylation sites is 1. The fourth-order valence-corrected chi connectivity index (χ4v) is 4.04. The van der Waals surface area contributed by atoms with E-state index in [1.165, 1.54) is 18.4 Å². The van der Waals surface area contributed by atoms with Gasteiger partial charge in [-0.3, -0.25) is 10.5 Å². The molecule has 9 nitrogen and oxygen atoms in total. The Morgan fingerprint density at radius 3 is 2.69 bits per heavy atom. The van der Waals surface area contributed by atoms with Crippen LogP contribution >= 0.6 is 0 Å². The number of carbonyl (C=O) groups excluding carboxylic acids is 1. The number of H-pyrrole nitrogens is 1. The van der Waals surface area contributed by atoms with Crippen LogP contribution < -0.4 is 19.9 Å². The van der Waals surface area contributed by atoms with E-state index in [-0.39, 0.29) is 24.0 Å². The van der Waals surface area contributed by atoms with E-state index in [0.717, 1.165) is 12.0 Å². The Kier molecular flexibility index (Phi) is 6.64. The third kappa shape index (κ3) is 4.92. The molecular formula is C27H27N5O4. The molecule has 36 heavy (non-hydrogen) atoms. The minimum atomic E-state index is -1.47. The van der Waals surface area contributed by atoms with Gasteiger partial charge >= 0.3 is 0 Å². The topological polar surface area (TPSA) is 125 Å². The molecule has 0 spiro atoms. The number of nitrogens with zero attached hydrogens (tertiary/aromatic N) is 3. The van der Waals surface area contributed by atoms with Crippen LogP contribution in [-0.4, -0.2) is 33.0 Å². The number of aromatic amines is 1. The Morgan fingerprint density at radius 2 is 1.92 bits per heavy atom. The highest BCUT2D eigenvalue weighted by Crippen LogP contribution is 2.40. The SMILES string of the molecule is CCCCc1cccc(COc2ccc(C(=O)c3cccc4c3OC(N)(c3nn[nH]n3)CO4)cc2)c1. The van der Waals surface area contributed by atoms with Crippen molar-refractivity contribution in [2.45, 2.75) is 38.5 Å². The summed E-state index contributed by atoms with van der Waals surface area (Å²) in [6, 6.07) is 20.6. The van der Waals surface area contributed by atoms with Crippen LogP contribution in [0.3, 0.4) is 0 Å². The van der Waals surface area contributed by atoms with E-state index >= 15 is 0 Å². The van der Waals surface area contributed by atoms with Crippen LogP contribution in [0.4, 0.5) is 0 Å². The third-order valence-corrected chi connectivity index (χ3v) is 6.01. The molecule has 3 N–H and O–H groups in total. The minimum absolute atomic E-state index is 0.0231. The first kappa shape index (κ1) is 23.5. The van der Waals surface area contributed by atoms with Gasteiger partial charge in [0.1, 0.15) is 19.0 Å². The van der Waals surface area contributed by atoms with Crippen LogP contribution in [0.1, 0.15) is 52.6 Å². The summed E-state index contributed by atoms with van der Waals surface area (Å²) in [4.78, 5) is 13.4. The highest BCUT2D eigenvalue weighted by Gasteiger charge is 2.41. The zero-order valence-electron chi connectivity index (χ0n) is 19.9. The molecule has 0 bridgehead atoms. The van der Waals surface area contributed by atoms with Crippen molar-refractivity contribution < 1.29 is 19.0 Å². The number of unbranched alkanes of at least 4 members (excludes halogenated alkanes) is 1. The molecule has 1 aliphatic heterocycles. The van der Waals surface area contributed by atoms with Crippen LogP contribution in [0.2, 0.25) is 0 Å². The molecule has 0 saturated heterocycles. The number of aryl methyl sites for hydroxylation is 1. The van der Waals surface area contributed by atoms with Crippen LogP contribution in [0.15, 0.2) is 66.7 Å². The van der Waals surface area contributed by atoms with Crippen LogP contribution in [0.25, 0.3) is 0 Å². The van der Waals surface area contributed by atoms with E-state index in [1.807, 2.05) is 0 Å². The minimum Gasteiger partial charge on any atom is -0.489 e. The van der Waals surface area contributed by atoms with E-state index in [0.29, 0.717) is 29.2 Å². The van der Waals surface area contributed by atoms with Crippen molar-refractivity contribution >= 4 is 5.78 Å². The number of benzene rings is 3. The molecule has 184 valence electrons. The normalized spacial score (nSPS) is 16.5. The number of ketones is 1. The standard InChI is InChI=1S/C27H27N5O4/c1-2-3-6-18-7-4-8-19(15-18)16-34-21-13-11-20(12-14-21)24(33)22-9-5-10-23-25(22)36-27(28,17-35-23)26-29-31-32-30-26/h4-5,7-15H,2-3,6,16-17,28H2,1H3,(H,29,30,31,32). The molecular weight excluding hydrogens is 458 g/mol. The van der Waals surface area contributed by atoms with E-state index < -0.39 is 5.72 Å². The Morgan fingerprint density at radius 1 is 1.11 bits per heavy atom. The maximum absolute atomic E-state index is 13.4. The first-order valence-electron chi connectivity index (χ1n) is 11.9. The molecule has 9 heteroatoms. The highest BCUT2D eigenvalue weighted by atomic mass is 16.6. The fraction of sp³-hybridized carbons (Fsp3) is 0.259. The van der Waals surface area contributed by atoms with Gasteiger partial charge in [0, 0.05) is 5.56 Å². The van der Waals surface area contributed by atoms with Crippen LogP contribution in [0.5, 0.6) is 17.2 Å². The monoisotopic (exact) mass is 485 g/mol. The summed E-state index contributed by atoms with van der Waals surface area (Å²) in [5.74, 6) is 1.24. The van der Waals surface area contributed by atoms with Crippen LogP contribution in [-0.2, 0) is 18.8 Å². The lowest BCUT2D eigenvalue weighted by atomic mass is 10.0. The molecule has 1 aromatic heterocycles. The van der Waals surface area contributed by atoms with Crippen molar-refractivity contribution in [1.82, 2.24) is 20.6 Å². The second-order valence-electron chi connectivity index (χ2n) is 8.71. The number of carbonyl (C=O) groups is 1. The van der Waals surface area contributed by atoms with Crippen molar-refractivity contribution in [2.24, 2.45) is 5.73 Å². The number of nitrogens with one attached hydrogen (secondary N) is 1. The van der Waals surface area contributed by atoms with E-state index in [2.05, 4.69) is 51.8 Å². The lowest BCUT2D eigenvalue weighted by molar-refractivity contribution is -0.0154. The molecule has 0 radical (unpaired) electrons. The second-order valence-corrected chi connectivity index (χ2v) is 8.71. The highest BCUT2D eigenvalue weighted by molar-refractivity contribution is 6.11. The molecule has 0 aliphatic carbocycles. The summed E-state index contributed by atoms with van der Waals surface area (Å²) in [5, 5.41) is 13.7. The van der Waals surface area contributed by atoms with Gasteiger partial charge in [-0.2, -0.15) is 5.21 Å². The second kappa shape index (κ2) is 10.2. The number of aromatic nitrogens is 4. The van der Waals surface area contributed by atoms with Crippen molar-refractivity contribution in [1.29, 1.82) is 0 Å². The molecule has 0 amide bonds. The maximum Gasteiger partial charge on any atom is 0.257 e. The Balaban J connectivity index is 1.29. The molecule has 1 atom stereocenters. The van der Waals surface area contributed by atoms with Gasteiger partial charge in [-0.1, -0.05) is 43.7 Å². The van der Waals surface area contributed by atoms with Gasteiger partial charge in [0.2, 0.25) is 5.82 Å². The van der Waals surface area contributed by atoms with Crippen molar-refractivity contribution in [3.8, 4) is 17.2 Å². The van der Waals surface area contributed by atoms with E-state index in [9.17, 15) is 4.79 Å². The summed E-state index contributed by atoms with van der Waals surface area (Å²) in [6.45, 7) is 2.63. The summed E-state index contributed by atoms with van der Waals surface area (Å²) in [5.41, 5.74) is 8.09. The Hall–Kier alpha value is -4.24. The first-order valence-corrected chi connectivity index (χ1v) is 11.9. The Labute approximate surface area is 208 Å². The van der Waals surface area contributed by atoms with Gasteiger partial charge in [0.25, 0.3) is 5.72 Å². The van der Waals surface area contributed by atoms with Crippen LogP contribution in [0, 0.1) is 0 Å². The number of fused-ring (bicyclic) bond motifs is 1. The number of hydrogen-bond acceptors (Lipinski definition) is 8. The Bertz CT molecular complexity index is 1340. The lowest BCUT2D eigenvalue weighted by Gasteiger charge is -2.33. The third-order valence-electron chi connectivity index (χ3n) is 6.01. The number of hydrogen-bond donors (Lipinski definition) is 2. The number of ether oxygens (including phenoxy) is 3. The smallest absolute Gasteiger partial charge is 0.257 e. The molecule has 2 heterocycles. The molecule has 0 saturated carbocycles. The number of tetrazole rings is 1. The molecule has 0 fully saturated rings. The quantitative estimate of drug-likeness (QED) is 0.342. The zero-order valence-corrected chi connectivity index (χ0v) is 19.9. The van der Waals surface area contributed by atoms with E-state index in [4.69, 9.17) is 19.9 Å². The van der Waals surface area contributed by atoms with Gasteiger partial charge < -0.3 is 14.2 Å². The van der Waals surface area contributed by atoms with Crippen molar-refractivity contribution in [2.75, 3.05) is 6.61 Å². The molecule has 4 aromatic rings. The summed E-state index contributed by atoms with van der Waals surface area (Å²) in [7, 11) is 0. The predicted octanol–water partition coefficient (Wildman–Crippen LogP) is 3.94. The summed E-state index contributed by atoms with van der Waals surface area (Å²) >= 11 is 0. The lowest BCUT2D eigenvalue weighted by Crippen LogP contribution is -2.51. The number of rotatable bonds is 9. The van der Waals surface area contributed by atoms with Crippen molar-refractivity contribution in [3.63, 3.8) is 0 Å². The molecule has 1 unspecified atom stereocenters.